The molecule has 0 unspecified atom stereocenters. The van der Waals surface area contributed by atoms with Gasteiger partial charge in [-0.3, -0.25) is 4.98 Å². The van der Waals surface area contributed by atoms with Gasteiger partial charge in [0.1, 0.15) is 0 Å². The first-order valence-corrected chi connectivity index (χ1v) is 7.00. The molecule has 0 aliphatic rings. The molecule has 0 saturated carbocycles. The smallest absolute Gasteiger partial charge is 0.173 e. The maximum Gasteiger partial charge on any atom is 0.173 e. The van der Waals surface area contributed by atoms with Gasteiger partial charge >= 0.3 is 0 Å². The topological polar surface area (TPSA) is 31.4 Å². The molecule has 106 valence electrons. The highest BCUT2D eigenvalue weighted by Crippen LogP contribution is 2.07. The van der Waals surface area contributed by atoms with E-state index in [0.29, 0.717) is 5.92 Å². The maximum atomic E-state index is 5.50. The van der Waals surface area contributed by atoms with E-state index in [1.807, 2.05) is 12.1 Å². The standard InChI is InChI=1S/C14H24N4S/c1-12(2)11-18(9-8-17(3)4)14(19)16-13-6-5-7-15-10-13/h5-7,10,12H,8-9,11H2,1-4H3,(H,16,19). The summed E-state index contributed by atoms with van der Waals surface area (Å²) in [6, 6.07) is 3.87. The van der Waals surface area contributed by atoms with E-state index in [1.54, 1.807) is 12.4 Å². The molecule has 0 amide bonds. The van der Waals surface area contributed by atoms with Gasteiger partial charge in [-0.05, 0) is 44.4 Å². The van der Waals surface area contributed by atoms with Gasteiger partial charge in [-0.2, -0.15) is 0 Å². The van der Waals surface area contributed by atoms with Crippen LogP contribution in [0.5, 0.6) is 0 Å². The maximum absolute atomic E-state index is 5.50. The molecule has 4 nitrogen and oxygen atoms in total. The molecule has 5 heteroatoms. The van der Waals surface area contributed by atoms with E-state index in [4.69, 9.17) is 12.2 Å². The van der Waals surface area contributed by atoms with Gasteiger partial charge in [-0.15, -0.1) is 0 Å². The first-order valence-electron chi connectivity index (χ1n) is 6.59. The Kier molecular flexibility index (Phi) is 6.73. The molecule has 1 N–H and O–H groups in total. The molecular weight excluding hydrogens is 256 g/mol. The summed E-state index contributed by atoms with van der Waals surface area (Å²) >= 11 is 5.50. The highest BCUT2D eigenvalue weighted by Gasteiger charge is 2.11. The van der Waals surface area contributed by atoms with Crippen LogP contribution in [0.1, 0.15) is 13.8 Å². The summed E-state index contributed by atoms with van der Waals surface area (Å²) < 4.78 is 0. The van der Waals surface area contributed by atoms with Gasteiger partial charge in [0.2, 0.25) is 0 Å². The monoisotopic (exact) mass is 280 g/mol. The number of nitrogens with one attached hydrogen (secondary N) is 1. The molecule has 19 heavy (non-hydrogen) atoms. The van der Waals surface area contributed by atoms with Crippen LogP contribution in [0.25, 0.3) is 0 Å². The zero-order valence-corrected chi connectivity index (χ0v) is 13.1. The van der Waals surface area contributed by atoms with Crippen LogP contribution in [-0.2, 0) is 0 Å². The minimum absolute atomic E-state index is 0.579. The third-order valence-corrected chi connectivity index (χ3v) is 2.96. The normalized spacial score (nSPS) is 10.8. The molecule has 0 radical (unpaired) electrons. The molecule has 0 aromatic carbocycles. The molecule has 1 heterocycles. The van der Waals surface area contributed by atoms with Gasteiger partial charge in [0.05, 0.1) is 11.9 Å². The Hall–Kier alpha value is -1.20. The van der Waals surface area contributed by atoms with Crippen LogP contribution in [0.15, 0.2) is 24.5 Å². The summed E-state index contributed by atoms with van der Waals surface area (Å²) in [5, 5.41) is 4.01. The quantitative estimate of drug-likeness (QED) is 0.808. The number of pyridine rings is 1. The molecule has 0 spiro atoms. The lowest BCUT2D eigenvalue weighted by Crippen LogP contribution is -2.41. The number of aromatic nitrogens is 1. The van der Waals surface area contributed by atoms with E-state index in [2.05, 4.69) is 48.0 Å². The average molecular weight is 280 g/mol. The molecule has 0 fully saturated rings. The average Bonchev–Trinajstić information content (AvgIpc) is 2.35. The van der Waals surface area contributed by atoms with Crippen molar-refractivity contribution in [3.63, 3.8) is 0 Å². The molecule has 0 bridgehead atoms. The van der Waals surface area contributed by atoms with E-state index in [0.717, 1.165) is 30.4 Å². The fraction of sp³-hybridized carbons (Fsp3) is 0.571. The first kappa shape index (κ1) is 15.9. The lowest BCUT2D eigenvalue weighted by atomic mass is 10.2. The van der Waals surface area contributed by atoms with Crippen molar-refractivity contribution >= 4 is 23.0 Å². The zero-order valence-electron chi connectivity index (χ0n) is 12.3. The van der Waals surface area contributed by atoms with Crippen molar-refractivity contribution in [2.75, 3.05) is 39.0 Å². The summed E-state index contributed by atoms with van der Waals surface area (Å²) in [5.74, 6) is 0.579. The number of rotatable bonds is 6. The van der Waals surface area contributed by atoms with Crippen LogP contribution in [0.3, 0.4) is 0 Å². The lowest BCUT2D eigenvalue weighted by Gasteiger charge is -2.28. The molecule has 1 rings (SSSR count). The lowest BCUT2D eigenvalue weighted by molar-refractivity contribution is 0.310. The second-order valence-corrected chi connectivity index (χ2v) is 5.70. The first-order chi connectivity index (χ1) is 8.99. The van der Waals surface area contributed by atoms with Crippen molar-refractivity contribution in [1.29, 1.82) is 0 Å². The number of hydrogen-bond acceptors (Lipinski definition) is 3. The van der Waals surface area contributed by atoms with Gasteiger partial charge in [0, 0.05) is 25.8 Å². The second kappa shape index (κ2) is 8.07. The van der Waals surface area contributed by atoms with Crippen molar-refractivity contribution in [2.45, 2.75) is 13.8 Å². The Bertz CT molecular complexity index is 378. The molecule has 0 atom stereocenters. The van der Waals surface area contributed by atoms with Crippen LogP contribution in [0.4, 0.5) is 5.69 Å². The SMILES string of the molecule is CC(C)CN(CCN(C)C)C(=S)Nc1cccnc1. The molecule has 0 aliphatic heterocycles. The van der Waals surface area contributed by atoms with Crippen molar-refractivity contribution in [3.8, 4) is 0 Å². The minimum atomic E-state index is 0.579. The summed E-state index contributed by atoms with van der Waals surface area (Å²) in [4.78, 5) is 8.47. The van der Waals surface area contributed by atoms with E-state index in [9.17, 15) is 0 Å². The fourth-order valence-electron chi connectivity index (χ4n) is 1.68. The van der Waals surface area contributed by atoms with Crippen LogP contribution < -0.4 is 5.32 Å². The number of nitrogens with zero attached hydrogens (tertiary/aromatic N) is 3. The van der Waals surface area contributed by atoms with Crippen molar-refractivity contribution < 1.29 is 0 Å². The predicted molar refractivity (Wildman–Crippen MR) is 85.4 cm³/mol. The Morgan fingerprint density at radius 3 is 2.63 bits per heavy atom. The highest BCUT2D eigenvalue weighted by molar-refractivity contribution is 7.80. The Balaban J connectivity index is 2.60. The third kappa shape index (κ3) is 6.50. The van der Waals surface area contributed by atoms with E-state index in [-0.39, 0.29) is 0 Å². The Morgan fingerprint density at radius 1 is 1.37 bits per heavy atom. The minimum Gasteiger partial charge on any atom is -0.347 e. The zero-order chi connectivity index (χ0) is 14.3. The fourth-order valence-corrected chi connectivity index (χ4v) is 1.96. The van der Waals surface area contributed by atoms with Gasteiger partial charge < -0.3 is 15.1 Å². The van der Waals surface area contributed by atoms with E-state index >= 15 is 0 Å². The van der Waals surface area contributed by atoms with Crippen molar-refractivity contribution in [3.05, 3.63) is 24.5 Å². The van der Waals surface area contributed by atoms with Crippen LogP contribution in [-0.4, -0.2) is 53.6 Å². The number of thiocarbonyl (C=S) groups is 1. The summed E-state index contributed by atoms with van der Waals surface area (Å²) in [6.45, 7) is 7.28. The van der Waals surface area contributed by atoms with Crippen LogP contribution in [0.2, 0.25) is 0 Å². The van der Waals surface area contributed by atoms with Gasteiger partial charge in [-0.1, -0.05) is 13.8 Å². The summed E-state index contributed by atoms with van der Waals surface area (Å²) in [7, 11) is 4.15. The predicted octanol–water partition coefficient (Wildman–Crippen LogP) is 2.30. The molecule has 1 aromatic heterocycles. The van der Waals surface area contributed by atoms with Crippen molar-refractivity contribution in [2.24, 2.45) is 5.92 Å². The largest absolute Gasteiger partial charge is 0.347 e. The number of anilines is 1. The molecule has 1 aromatic rings. The third-order valence-electron chi connectivity index (χ3n) is 2.60. The summed E-state index contributed by atoms with van der Waals surface area (Å²) in [5.41, 5.74) is 0.936. The highest BCUT2D eigenvalue weighted by atomic mass is 32.1. The number of likely N-dealkylation sites (N-methyl/N-ethyl adjacent to an activating group) is 1. The van der Waals surface area contributed by atoms with Gasteiger partial charge in [0.25, 0.3) is 0 Å². The van der Waals surface area contributed by atoms with Crippen molar-refractivity contribution in [1.82, 2.24) is 14.8 Å². The van der Waals surface area contributed by atoms with Gasteiger partial charge in [0.15, 0.2) is 5.11 Å². The Morgan fingerprint density at radius 2 is 2.11 bits per heavy atom. The van der Waals surface area contributed by atoms with Gasteiger partial charge in [-0.25, -0.2) is 0 Å². The van der Waals surface area contributed by atoms with Crippen LogP contribution >= 0.6 is 12.2 Å². The van der Waals surface area contributed by atoms with E-state index in [1.165, 1.54) is 0 Å². The molecule has 0 aliphatic carbocycles. The second-order valence-electron chi connectivity index (χ2n) is 5.31. The summed E-state index contributed by atoms with van der Waals surface area (Å²) in [6.07, 6.45) is 3.54. The van der Waals surface area contributed by atoms with E-state index < -0.39 is 0 Å². The Labute approximate surface area is 121 Å². The molecule has 0 saturated heterocycles. The van der Waals surface area contributed by atoms with Crippen LogP contribution in [0, 0.1) is 5.92 Å². The number of hydrogen-bond donors (Lipinski definition) is 1. The molecular formula is C14H24N4S.